The summed E-state index contributed by atoms with van der Waals surface area (Å²) in [6, 6.07) is 8.87. The summed E-state index contributed by atoms with van der Waals surface area (Å²) in [6.07, 6.45) is 1.66. The van der Waals surface area contributed by atoms with E-state index in [1.165, 1.54) is 6.07 Å². The van der Waals surface area contributed by atoms with Crippen molar-refractivity contribution in [3.8, 4) is 0 Å². The zero-order valence-corrected chi connectivity index (χ0v) is 12.9. The van der Waals surface area contributed by atoms with E-state index < -0.39 is 0 Å². The van der Waals surface area contributed by atoms with Gasteiger partial charge in [0.05, 0.1) is 17.3 Å². The highest BCUT2D eigenvalue weighted by Crippen LogP contribution is 2.26. The third-order valence-electron chi connectivity index (χ3n) is 3.34. The average Bonchev–Trinajstić information content (AvgIpc) is 2.95. The predicted octanol–water partition coefficient (Wildman–Crippen LogP) is 3.70. The van der Waals surface area contributed by atoms with Crippen molar-refractivity contribution in [1.29, 1.82) is 0 Å². The van der Waals surface area contributed by atoms with Crippen LogP contribution in [0, 0.1) is 5.82 Å². The van der Waals surface area contributed by atoms with Gasteiger partial charge in [0.15, 0.2) is 0 Å². The number of rotatable bonds is 6. The summed E-state index contributed by atoms with van der Waals surface area (Å²) in [4.78, 5) is 2.21. The minimum atomic E-state index is -0.265. The Morgan fingerprint density at radius 1 is 1.40 bits per heavy atom. The van der Waals surface area contributed by atoms with Crippen molar-refractivity contribution in [1.82, 2.24) is 4.90 Å². The molecule has 1 aromatic heterocycles. The van der Waals surface area contributed by atoms with E-state index in [-0.39, 0.29) is 11.9 Å². The molecule has 1 atom stereocenters. The Morgan fingerprint density at radius 2 is 2.20 bits per heavy atom. The largest absolute Gasteiger partial charge is 0.468 e. The van der Waals surface area contributed by atoms with Gasteiger partial charge in [-0.05, 0) is 52.3 Å². The highest BCUT2D eigenvalue weighted by molar-refractivity contribution is 9.10. The maximum Gasteiger partial charge on any atom is 0.137 e. The Labute approximate surface area is 126 Å². The number of likely N-dealkylation sites (N-methyl/N-ethyl adjacent to an activating group) is 1. The molecule has 3 nitrogen and oxygen atoms in total. The van der Waals surface area contributed by atoms with Crippen molar-refractivity contribution in [2.75, 3.05) is 13.1 Å². The van der Waals surface area contributed by atoms with Gasteiger partial charge < -0.3 is 10.2 Å². The lowest BCUT2D eigenvalue weighted by atomic mass is 10.0. The first-order chi connectivity index (χ1) is 9.65. The molecular formula is C15H18BrFN2O. The molecule has 0 radical (unpaired) electrons. The molecule has 0 fully saturated rings. The highest BCUT2D eigenvalue weighted by Gasteiger charge is 2.19. The zero-order chi connectivity index (χ0) is 14.5. The van der Waals surface area contributed by atoms with E-state index in [4.69, 9.17) is 10.2 Å². The van der Waals surface area contributed by atoms with Gasteiger partial charge in [-0.15, -0.1) is 0 Å². The van der Waals surface area contributed by atoms with Crippen LogP contribution >= 0.6 is 15.9 Å². The lowest BCUT2D eigenvalue weighted by molar-refractivity contribution is 0.188. The van der Waals surface area contributed by atoms with Crippen LogP contribution in [0.15, 0.2) is 45.5 Å². The number of hydrogen-bond donors (Lipinski definition) is 1. The highest BCUT2D eigenvalue weighted by atomic mass is 79.9. The Morgan fingerprint density at radius 3 is 2.75 bits per heavy atom. The minimum Gasteiger partial charge on any atom is -0.468 e. The van der Waals surface area contributed by atoms with Crippen LogP contribution in [0.2, 0.25) is 0 Å². The molecule has 0 spiro atoms. The van der Waals surface area contributed by atoms with Gasteiger partial charge in [0.2, 0.25) is 0 Å². The van der Waals surface area contributed by atoms with Crippen LogP contribution in [0.3, 0.4) is 0 Å². The Kier molecular flexibility index (Phi) is 5.34. The molecule has 108 valence electrons. The van der Waals surface area contributed by atoms with Crippen LogP contribution < -0.4 is 5.73 Å². The summed E-state index contributed by atoms with van der Waals surface area (Å²) in [7, 11) is 0. The van der Waals surface area contributed by atoms with E-state index >= 15 is 0 Å². The zero-order valence-electron chi connectivity index (χ0n) is 11.4. The van der Waals surface area contributed by atoms with Gasteiger partial charge >= 0.3 is 0 Å². The summed E-state index contributed by atoms with van der Waals surface area (Å²) in [6.45, 7) is 4.05. The number of benzene rings is 1. The van der Waals surface area contributed by atoms with Crippen LogP contribution in [0.4, 0.5) is 4.39 Å². The van der Waals surface area contributed by atoms with Crippen molar-refractivity contribution in [2.24, 2.45) is 5.73 Å². The van der Waals surface area contributed by atoms with Gasteiger partial charge in [-0.3, -0.25) is 4.90 Å². The number of nitrogens with zero attached hydrogens (tertiary/aromatic N) is 1. The van der Waals surface area contributed by atoms with E-state index in [0.717, 1.165) is 17.9 Å². The third-order valence-corrected chi connectivity index (χ3v) is 3.95. The predicted molar refractivity (Wildman–Crippen MR) is 80.7 cm³/mol. The second-order valence-corrected chi connectivity index (χ2v) is 5.42. The standard InChI is InChI=1S/C15H18BrFN2O/c1-2-19(10-12-4-3-7-20-12)15(9-18)11-5-6-14(17)13(16)8-11/h3-8,15H,2,9-10,18H2,1H3. The van der Waals surface area contributed by atoms with Gasteiger partial charge in [0, 0.05) is 12.6 Å². The van der Waals surface area contributed by atoms with Crippen LogP contribution in [0.5, 0.6) is 0 Å². The van der Waals surface area contributed by atoms with Crippen molar-refractivity contribution in [2.45, 2.75) is 19.5 Å². The molecule has 0 saturated heterocycles. The maximum atomic E-state index is 13.3. The SMILES string of the molecule is CCN(Cc1ccco1)C(CN)c1ccc(F)c(Br)c1. The smallest absolute Gasteiger partial charge is 0.137 e. The molecule has 0 aliphatic carbocycles. The summed E-state index contributed by atoms with van der Waals surface area (Å²) in [5.41, 5.74) is 6.91. The molecule has 2 aromatic rings. The second kappa shape index (κ2) is 7.02. The third kappa shape index (κ3) is 3.48. The van der Waals surface area contributed by atoms with E-state index in [1.807, 2.05) is 12.1 Å². The van der Waals surface area contributed by atoms with Gasteiger partial charge in [-0.25, -0.2) is 4.39 Å². The summed E-state index contributed by atoms with van der Waals surface area (Å²) >= 11 is 3.22. The van der Waals surface area contributed by atoms with Crippen LogP contribution in [0.1, 0.15) is 24.3 Å². The summed E-state index contributed by atoms with van der Waals surface area (Å²) in [5.74, 6) is 0.630. The molecule has 0 amide bonds. The fraction of sp³-hybridized carbons (Fsp3) is 0.333. The van der Waals surface area contributed by atoms with Gasteiger partial charge in [-0.2, -0.15) is 0 Å². The second-order valence-electron chi connectivity index (χ2n) is 4.57. The monoisotopic (exact) mass is 340 g/mol. The topological polar surface area (TPSA) is 42.4 Å². The molecule has 2 rings (SSSR count). The van der Waals surface area contributed by atoms with E-state index in [0.29, 0.717) is 17.6 Å². The summed E-state index contributed by atoms with van der Waals surface area (Å²) < 4.78 is 19.2. The van der Waals surface area contributed by atoms with Crippen molar-refractivity contribution >= 4 is 15.9 Å². The molecule has 0 bridgehead atoms. The van der Waals surface area contributed by atoms with Crippen LogP contribution in [-0.4, -0.2) is 18.0 Å². The molecule has 0 saturated carbocycles. The maximum absolute atomic E-state index is 13.3. The average molecular weight is 341 g/mol. The molecule has 0 aliphatic heterocycles. The fourth-order valence-electron chi connectivity index (χ4n) is 2.26. The van der Waals surface area contributed by atoms with Crippen molar-refractivity contribution < 1.29 is 8.81 Å². The van der Waals surface area contributed by atoms with E-state index in [2.05, 4.69) is 27.8 Å². The first-order valence-corrected chi connectivity index (χ1v) is 7.36. The summed E-state index contributed by atoms with van der Waals surface area (Å²) in [5, 5.41) is 0. The minimum absolute atomic E-state index is 0.0296. The molecular weight excluding hydrogens is 323 g/mol. The Hall–Kier alpha value is -1.17. The quantitative estimate of drug-likeness (QED) is 0.871. The van der Waals surface area contributed by atoms with E-state index in [1.54, 1.807) is 18.4 Å². The molecule has 1 unspecified atom stereocenters. The number of nitrogens with two attached hydrogens (primary N) is 1. The molecule has 0 aliphatic rings. The number of halogens is 2. The molecule has 2 N–H and O–H groups in total. The normalized spacial score (nSPS) is 12.8. The number of furan rings is 1. The van der Waals surface area contributed by atoms with Crippen molar-refractivity contribution in [3.05, 3.63) is 58.2 Å². The molecule has 5 heteroatoms. The lowest BCUT2D eigenvalue weighted by Gasteiger charge is -2.29. The number of hydrogen-bond acceptors (Lipinski definition) is 3. The first kappa shape index (κ1) is 15.2. The fourth-order valence-corrected chi connectivity index (χ4v) is 2.66. The Bertz CT molecular complexity index is 545. The van der Waals surface area contributed by atoms with Gasteiger partial charge in [0.25, 0.3) is 0 Å². The van der Waals surface area contributed by atoms with Crippen LogP contribution in [0.25, 0.3) is 0 Å². The van der Waals surface area contributed by atoms with Gasteiger partial charge in [-0.1, -0.05) is 13.0 Å². The lowest BCUT2D eigenvalue weighted by Crippen LogP contribution is -2.33. The molecule has 20 heavy (non-hydrogen) atoms. The first-order valence-electron chi connectivity index (χ1n) is 6.57. The van der Waals surface area contributed by atoms with Crippen LogP contribution in [-0.2, 0) is 6.54 Å². The van der Waals surface area contributed by atoms with Crippen molar-refractivity contribution in [3.63, 3.8) is 0 Å². The molecule has 1 heterocycles. The molecule has 1 aromatic carbocycles. The van der Waals surface area contributed by atoms with E-state index in [9.17, 15) is 4.39 Å². The Balaban J connectivity index is 2.21. The van der Waals surface area contributed by atoms with Gasteiger partial charge in [0.1, 0.15) is 11.6 Å².